The van der Waals surface area contributed by atoms with Crippen molar-refractivity contribution in [1.29, 1.82) is 0 Å². The summed E-state index contributed by atoms with van der Waals surface area (Å²) in [5.41, 5.74) is 5.09. The SMILES string of the molecule is CCOCCSc1nnc(CCC(N)=O)n1C. The fourth-order valence-corrected chi connectivity index (χ4v) is 2.04. The number of carbonyl (C=O) groups excluding carboxylic acids is 1. The number of hydrogen-bond acceptors (Lipinski definition) is 5. The number of primary amides is 1. The largest absolute Gasteiger partial charge is 0.381 e. The van der Waals surface area contributed by atoms with Crippen molar-refractivity contribution in [3.8, 4) is 0 Å². The first-order valence-corrected chi connectivity index (χ1v) is 6.50. The van der Waals surface area contributed by atoms with Crippen molar-refractivity contribution in [1.82, 2.24) is 14.8 Å². The molecule has 1 rings (SSSR count). The molecule has 0 unspecified atom stereocenters. The molecule has 0 fully saturated rings. The van der Waals surface area contributed by atoms with E-state index in [2.05, 4.69) is 10.2 Å². The highest BCUT2D eigenvalue weighted by molar-refractivity contribution is 7.99. The van der Waals surface area contributed by atoms with E-state index in [-0.39, 0.29) is 5.91 Å². The van der Waals surface area contributed by atoms with Gasteiger partial charge in [-0.05, 0) is 6.92 Å². The standard InChI is InChI=1S/C10H18N4O2S/c1-3-16-6-7-17-10-13-12-9(14(10)2)5-4-8(11)15/h3-7H2,1-2H3,(H2,11,15). The molecule has 1 amide bonds. The number of ether oxygens (including phenoxy) is 1. The van der Waals surface area contributed by atoms with Crippen LogP contribution < -0.4 is 5.73 Å². The van der Waals surface area contributed by atoms with Crippen LogP contribution in [-0.4, -0.2) is 39.6 Å². The van der Waals surface area contributed by atoms with Gasteiger partial charge in [0, 0.05) is 32.2 Å². The summed E-state index contributed by atoms with van der Waals surface area (Å²) in [5, 5.41) is 8.93. The molecule has 6 nitrogen and oxygen atoms in total. The molecule has 7 heteroatoms. The smallest absolute Gasteiger partial charge is 0.217 e. The monoisotopic (exact) mass is 258 g/mol. The minimum atomic E-state index is -0.321. The average molecular weight is 258 g/mol. The summed E-state index contributed by atoms with van der Waals surface area (Å²) in [4.78, 5) is 10.7. The van der Waals surface area contributed by atoms with Crippen LogP contribution in [0.3, 0.4) is 0 Å². The number of carbonyl (C=O) groups is 1. The third-order valence-electron chi connectivity index (χ3n) is 2.18. The van der Waals surface area contributed by atoms with Crippen molar-refractivity contribution in [3.63, 3.8) is 0 Å². The van der Waals surface area contributed by atoms with Gasteiger partial charge in [-0.3, -0.25) is 4.79 Å². The normalized spacial score (nSPS) is 10.7. The van der Waals surface area contributed by atoms with Gasteiger partial charge in [0.1, 0.15) is 5.82 Å². The highest BCUT2D eigenvalue weighted by Gasteiger charge is 2.09. The Morgan fingerprint density at radius 1 is 1.53 bits per heavy atom. The molecule has 0 radical (unpaired) electrons. The Morgan fingerprint density at radius 2 is 2.29 bits per heavy atom. The Hall–Kier alpha value is -1.08. The molecule has 0 saturated carbocycles. The molecule has 0 aliphatic carbocycles. The highest BCUT2D eigenvalue weighted by atomic mass is 32.2. The molecule has 96 valence electrons. The van der Waals surface area contributed by atoms with Crippen LogP contribution in [-0.2, 0) is 23.0 Å². The van der Waals surface area contributed by atoms with Gasteiger partial charge in [-0.1, -0.05) is 11.8 Å². The third-order valence-corrected chi connectivity index (χ3v) is 3.17. The molecule has 1 aromatic heterocycles. The number of rotatable bonds is 8. The van der Waals surface area contributed by atoms with Gasteiger partial charge in [0.15, 0.2) is 5.16 Å². The zero-order valence-electron chi connectivity index (χ0n) is 10.2. The number of nitrogens with two attached hydrogens (primary N) is 1. The summed E-state index contributed by atoms with van der Waals surface area (Å²) in [6.07, 6.45) is 0.834. The molecular formula is C10H18N4O2S. The lowest BCUT2D eigenvalue weighted by Gasteiger charge is -2.03. The zero-order valence-corrected chi connectivity index (χ0v) is 11.0. The van der Waals surface area contributed by atoms with Gasteiger partial charge in [0.2, 0.25) is 5.91 Å². The van der Waals surface area contributed by atoms with Gasteiger partial charge >= 0.3 is 0 Å². The van der Waals surface area contributed by atoms with Crippen LogP contribution in [0.5, 0.6) is 0 Å². The van der Waals surface area contributed by atoms with Gasteiger partial charge in [-0.25, -0.2) is 0 Å². The Labute approximate surface area is 105 Å². The molecule has 0 bridgehead atoms. The van der Waals surface area contributed by atoms with Crippen LogP contribution >= 0.6 is 11.8 Å². The van der Waals surface area contributed by atoms with Crippen molar-refractivity contribution in [2.24, 2.45) is 12.8 Å². The first kappa shape index (κ1) is 14.0. The molecule has 0 aliphatic rings. The maximum atomic E-state index is 10.7. The fourth-order valence-electron chi connectivity index (χ4n) is 1.26. The molecule has 17 heavy (non-hydrogen) atoms. The molecule has 1 aromatic rings. The van der Waals surface area contributed by atoms with E-state index >= 15 is 0 Å². The van der Waals surface area contributed by atoms with Gasteiger partial charge in [0.25, 0.3) is 0 Å². The molecule has 0 aliphatic heterocycles. The number of hydrogen-bond donors (Lipinski definition) is 1. The van der Waals surface area contributed by atoms with Gasteiger partial charge in [0.05, 0.1) is 6.61 Å². The highest BCUT2D eigenvalue weighted by Crippen LogP contribution is 2.15. The van der Waals surface area contributed by atoms with Crippen molar-refractivity contribution in [3.05, 3.63) is 5.82 Å². The maximum Gasteiger partial charge on any atom is 0.217 e. The number of nitrogens with zero attached hydrogens (tertiary/aromatic N) is 3. The summed E-state index contributed by atoms with van der Waals surface area (Å²) in [7, 11) is 1.89. The van der Waals surface area contributed by atoms with E-state index in [1.54, 1.807) is 11.8 Å². The summed E-state index contributed by atoms with van der Waals surface area (Å²) < 4.78 is 7.13. The molecular weight excluding hydrogens is 240 g/mol. The third kappa shape index (κ3) is 4.74. The molecule has 2 N–H and O–H groups in total. The van der Waals surface area contributed by atoms with Crippen molar-refractivity contribution < 1.29 is 9.53 Å². The van der Waals surface area contributed by atoms with E-state index in [1.165, 1.54) is 0 Å². The van der Waals surface area contributed by atoms with E-state index in [0.717, 1.165) is 23.3 Å². The lowest BCUT2D eigenvalue weighted by Crippen LogP contribution is -2.12. The lowest BCUT2D eigenvalue weighted by atomic mass is 10.3. The average Bonchev–Trinajstić information content (AvgIpc) is 2.63. The van der Waals surface area contributed by atoms with Gasteiger partial charge < -0.3 is 15.0 Å². The first-order valence-electron chi connectivity index (χ1n) is 5.52. The summed E-state index contributed by atoms with van der Waals surface area (Å²) in [6, 6.07) is 0. The first-order chi connectivity index (χ1) is 8.15. The molecule has 1 heterocycles. The van der Waals surface area contributed by atoms with Crippen molar-refractivity contribution in [2.45, 2.75) is 24.9 Å². The number of amides is 1. The second kappa shape index (κ2) is 7.29. The summed E-state index contributed by atoms with van der Waals surface area (Å²) in [5.74, 6) is 1.30. The molecule has 0 spiro atoms. The van der Waals surface area contributed by atoms with Crippen LogP contribution in [0.15, 0.2) is 5.16 Å². The lowest BCUT2D eigenvalue weighted by molar-refractivity contribution is -0.118. The number of aryl methyl sites for hydroxylation is 1. The fraction of sp³-hybridized carbons (Fsp3) is 0.700. The van der Waals surface area contributed by atoms with Crippen LogP contribution in [0.25, 0.3) is 0 Å². The molecule has 0 atom stereocenters. The Bertz CT molecular complexity index is 367. The van der Waals surface area contributed by atoms with Crippen LogP contribution in [0.4, 0.5) is 0 Å². The van der Waals surface area contributed by atoms with E-state index in [9.17, 15) is 4.79 Å². The Kier molecular flexibility index (Phi) is 5.99. The van der Waals surface area contributed by atoms with Crippen LogP contribution in [0, 0.1) is 0 Å². The molecule has 0 aromatic carbocycles. The predicted molar refractivity (Wildman–Crippen MR) is 65.7 cm³/mol. The summed E-state index contributed by atoms with van der Waals surface area (Å²) >= 11 is 1.59. The van der Waals surface area contributed by atoms with E-state index in [1.807, 2.05) is 18.5 Å². The topological polar surface area (TPSA) is 83.0 Å². The Morgan fingerprint density at radius 3 is 2.94 bits per heavy atom. The second-order valence-corrected chi connectivity index (χ2v) is 4.53. The minimum Gasteiger partial charge on any atom is -0.381 e. The quantitative estimate of drug-likeness (QED) is 0.538. The zero-order chi connectivity index (χ0) is 12.7. The van der Waals surface area contributed by atoms with Gasteiger partial charge in [-0.2, -0.15) is 0 Å². The predicted octanol–water partition coefficient (Wildman–Crippen LogP) is 0.362. The van der Waals surface area contributed by atoms with E-state index < -0.39 is 0 Å². The summed E-state index contributed by atoms with van der Waals surface area (Å²) in [6.45, 7) is 3.39. The number of aromatic nitrogens is 3. The minimum absolute atomic E-state index is 0.301. The van der Waals surface area contributed by atoms with Crippen LogP contribution in [0.2, 0.25) is 0 Å². The van der Waals surface area contributed by atoms with E-state index in [0.29, 0.717) is 19.4 Å². The van der Waals surface area contributed by atoms with Crippen LogP contribution in [0.1, 0.15) is 19.2 Å². The van der Waals surface area contributed by atoms with Crippen molar-refractivity contribution >= 4 is 17.7 Å². The Balaban J connectivity index is 2.43. The second-order valence-electron chi connectivity index (χ2n) is 3.47. The van der Waals surface area contributed by atoms with Crippen molar-refractivity contribution in [2.75, 3.05) is 19.0 Å². The van der Waals surface area contributed by atoms with E-state index in [4.69, 9.17) is 10.5 Å². The maximum absolute atomic E-state index is 10.7. The number of thioether (sulfide) groups is 1. The molecule has 0 saturated heterocycles. The van der Waals surface area contributed by atoms with Gasteiger partial charge in [-0.15, -0.1) is 10.2 Å².